The molecule has 12 heavy (non-hydrogen) atoms. The highest BCUT2D eigenvalue weighted by Crippen LogP contribution is 2.16. The van der Waals surface area contributed by atoms with Crippen molar-refractivity contribution in [1.82, 2.24) is 0 Å². The van der Waals surface area contributed by atoms with Crippen molar-refractivity contribution in [2.45, 2.75) is 6.92 Å². The topological polar surface area (TPSA) is 18.5 Å². The van der Waals surface area contributed by atoms with Crippen LogP contribution in [0.1, 0.15) is 6.92 Å². The van der Waals surface area contributed by atoms with E-state index in [1.165, 1.54) is 0 Å². The van der Waals surface area contributed by atoms with E-state index in [-0.39, 0.29) is 0 Å². The Labute approximate surface area is 72.4 Å². The molecule has 0 fully saturated rings. The third kappa shape index (κ3) is 2.31. The van der Waals surface area contributed by atoms with Crippen LogP contribution in [0.3, 0.4) is 0 Å². The number of benzene rings is 1. The van der Waals surface area contributed by atoms with Gasteiger partial charge in [0.05, 0.1) is 13.4 Å². The third-order valence-electron chi connectivity index (χ3n) is 1.40. The number of ether oxygens (including phenoxy) is 2. The zero-order valence-electron chi connectivity index (χ0n) is 7.28. The molecule has 0 aliphatic rings. The van der Waals surface area contributed by atoms with Crippen LogP contribution in [0.4, 0.5) is 0 Å². The van der Waals surface area contributed by atoms with Gasteiger partial charge in [0.1, 0.15) is 11.5 Å². The van der Waals surface area contributed by atoms with Crippen molar-refractivity contribution in [1.29, 1.82) is 0 Å². The van der Waals surface area contributed by atoms with Crippen molar-refractivity contribution in [3.8, 4) is 11.5 Å². The molecule has 0 bridgehead atoms. The number of methoxy groups -OCH3 is 1. The molecule has 0 spiro atoms. The highest BCUT2D eigenvalue weighted by molar-refractivity contribution is 5.31. The molecule has 0 aliphatic heterocycles. The van der Waals surface area contributed by atoms with Gasteiger partial charge in [0.2, 0.25) is 0 Å². The minimum Gasteiger partial charge on any atom is -0.497 e. The van der Waals surface area contributed by atoms with Crippen LogP contribution in [0.15, 0.2) is 36.6 Å². The zero-order valence-corrected chi connectivity index (χ0v) is 7.28. The molecule has 0 saturated carbocycles. The smallest absolute Gasteiger partial charge is 0.126 e. The fourth-order valence-corrected chi connectivity index (χ4v) is 0.801. The predicted octanol–water partition coefficient (Wildman–Crippen LogP) is 2.61. The molecule has 0 aliphatic carbocycles. The Morgan fingerprint density at radius 1 is 1.08 bits per heavy atom. The molecule has 0 atom stereocenters. The molecule has 0 N–H and O–H groups in total. The number of hydrogen-bond donors (Lipinski definition) is 0. The monoisotopic (exact) mass is 164 g/mol. The summed E-state index contributed by atoms with van der Waals surface area (Å²) in [5.41, 5.74) is 0. The SMILES string of the molecule is C/C=C\Oc1ccc(OC)cc1. The first-order valence-electron chi connectivity index (χ1n) is 3.78. The summed E-state index contributed by atoms with van der Waals surface area (Å²) in [5.74, 6) is 1.65. The molecule has 64 valence electrons. The van der Waals surface area contributed by atoms with Crippen LogP contribution in [0.2, 0.25) is 0 Å². The van der Waals surface area contributed by atoms with Gasteiger partial charge in [-0.2, -0.15) is 0 Å². The largest absolute Gasteiger partial charge is 0.497 e. The maximum absolute atomic E-state index is 5.22. The van der Waals surface area contributed by atoms with Crippen LogP contribution in [-0.4, -0.2) is 7.11 Å². The van der Waals surface area contributed by atoms with Crippen molar-refractivity contribution in [2.24, 2.45) is 0 Å². The summed E-state index contributed by atoms with van der Waals surface area (Å²) in [6, 6.07) is 7.44. The lowest BCUT2D eigenvalue weighted by Gasteiger charge is -2.01. The van der Waals surface area contributed by atoms with Crippen LogP contribution in [0.25, 0.3) is 0 Å². The maximum atomic E-state index is 5.22. The molecular formula is C10H12O2. The van der Waals surface area contributed by atoms with Crippen LogP contribution >= 0.6 is 0 Å². The standard InChI is InChI=1S/C10H12O2/c1-3-8-12-10-6-4-9(11-2)5-7-10/h3-8H,1-2H3/b8-3-. The fourth-order valence-electron chi connectivity index (χ4n) is 0.801. The van der Waals surface area contributed by atoms with Crippen LogP contribution < -0.4 is 9.47 Å². The molecular weight excluding hydrogens is 152 g/mol. The van der Waals surface area contributed by atoms with Gasteiger partial charge in [-0.05, 0) is 31.2 Å². The Morgan fingerprint density at radius 2 is 1.67 bits per heavy atom. The maximum Gasteiger partial charge on any atom is 0.126 e. The Balaban J connectivity index is 2.64. The molecule has 0 saturated heterocycles. The first-order chi connectivity index (χ1) is 5.86. The molecule has 0 unspecified atom stereocenters. The van der Waals surface area contributed by atoms with Gasteiger partial charge < -0.3 is 9.47 Å². The van der Waals surface area contributed by atoms with Crippen molar-refractivity contribution in [2.75, 3.05) is 7.11 Å². The van der Waals surface area contributed by atoms with Gasteiger partial charge in [0.15, 0.2) is 0 Å². The van der Waals surface area contributed by atoms with Gasteiger partial charge in [-0.15, -0.1) is 0 Å². The van der Waals surface area contributed by atoms with E-state index in [4.69, 9.17) is 9.47 Å². The van der Waals surface area contributed by atoms with Crippen LogP contribution in [0, 0.1) is 0 Å². The summed E-state index contributed by atoms with van der Waals surface area (Å²) in [7, 11) is 1.64. The van der Waals surface area contributed by atoms with Gasteiger partial charge in [0.25, 0.3) is 0 Å². The molecule has 0 radical (unpaired) electrons. The van der Waals surface area contributed by atoms with E-state index in [0.29, 0.717) is 0 Å². The van der Waals surface area contributed by atoms with E-state index in [0.717, 1.165) is 11.5 Å². The first kappa shape index (κ1) is 8.65. The van der Waals surface area contributed by atoms with Crippen molar-refractivity contribution >= 4 is 0 Å². The molecule has 0 aromatic heterocycles. The van der Waals surface area contributed by atoms with Crippen LogP contribution in [-0.2, 0) is 0 Å². The molecule has 1 aromatic rings. The quantitative estimate of drug-likeness (QED) is 0.639. The van der Waals surface area contributed by atoms with Gasteiger partial charge in [0, 0.05) is 0 Å². The molecule has 2 nitrogen and oxygen atoms in total. The molecule has 0 amide bonds. The highest BCUT2D eigenvalue weighted by atomic mass is 16.5. The van der Waals surface area contributed by atoms with Crippen LogP contribution in [0.5, 0.6) is 11.5 Å². The Kier molecular flexibility index (Phi) is 3.20. The Morgan fingerprint density at radius 3 is 2.17 bits per heavy atom. The number of hydrogen-bond acceptors (Lipinski definition) is 2. The van der Waals surface area contributed by atoms with Gasteiger partial charge in [-0.3, -0.25) is 0 Å². The normalized spacial score (nSPS) is 10.2. The van der Waals surface area contributed by atoms with E-state index in [9.17, 15) is 0 Å². The lowest BCUT2D eigenvalue weighted by molar-refractivity contribution is 0.412. The molecule has 1 rings (SSSR count). The number of allylic oxidation sites excluding steroid dienone is 1. The van der Waals surface area contributed by atoms with E-state index in [2.05, 4.69) is 0 Å². The van der Waals surface area contributed by atoms with E-state index in [1.807, 2.05) is 37.3 Å². The van der Waals surface area contributed by atoms with Crippen molar-refractivity contribution in [3.05, 3.63) is 36.6 Å². The van der Waals surface area contributed by atoms with Crippen molar-refractivity contribution < 1.29 is 9.47 Å². The zero-order chi connectivity index (χ0) is 8.81. The summed E-state index contributed by atoms with van der Waals surface area (Å²) in [4.78, 5) is 0. The lowest BCUT2D eigenvalue weighted by Crippen LogP contribution is -1.83. The Bertz CT molecular complexity index is 249. The second kappa shape index (κ2) is 4.44. The second-order valence-corrected chi connectivity index (χ2v) is 2.26. The third-order valence-corrected chi connectivity index (χ3v) is 1.40. The first-order valence-corrected chi connectivity index (χ1v) is 3.78. The molecule has 2 heteroatoms. The molecule has 1 aromatic carbocycles. The summed E-state index contributed by atoms with van der Waals surface area (Å²) < 4.78 is 10.2. The molecule has 0 heterocycles. The predicted molar refractivity (Wildman–Crippen MR) is 48.4 cm³/mol. The average molecular weight is 164 g/mol. The van der Waals surface area contributed by atoms with Crippen molar-refractivity contribution in [3.63, 3.8) is 0 Å². The lowest BCUT2D eigenvalue weighted by atomic mass is 10.3. The van der Waals surface area contributed by atoms with E-state index < -0.39 is 0 Å². The average Bonchev–Trinajstić information content (AvgIpc) is 2.15. The minimum absolute atomic E-state index is 0.814. The van der Waals surface area contributed by atoms with Gasteiger partial charge >= 0.3 is 0 Å². The highest BCUT2D eigenvalue weighted by Gasteiger charge is 1.91. The van der Waals surface area contributed by atoms with E-state index in [1.54, 1.807) is 13.4 Å². The second-order valence-electron chi connectivity index (χ2n) is 2.26. The summed E-state index contributed by atoms with van der Waals surface area (Å²) in [6.45, 7) is 1.91. The Hall–Kier alpha value is -1.44. The van der Waals surface area contributed by atoms with E-state index >= 15 is 0 Å². The van der Waals surface area contributed by atoms with Gasteiger partial charge in [-0.25, -0.2) is 0 Å². The van der Waals surface area contributed by atoms with Gasteiger partial charge in [-0.1, -0.05) is 6.08 Å². The number of rotatable bonds is 3. The summed E-state index contributed by atoms with van der Waals surface area (Å²) in [6.07, 6.45) is 3.48. The fraction of sp³-hybridized carbons (Fsp3) is 0.200. The summed E-state index contributed by atoms with van der Waals surface area (Å²) >= 11 is 0. The minimum atomic E-state index is 0.814. The summed E-state index contributed by atoms with van der Waals surface area (Å²) in [5, 5.41) is 0.